The molecule has 84 valence electrons. The van der Waals surface area contributed by atoms with E-state index >= 15 is 0 Å². The molecule has 2 N–H and O–H groups in total. The lowest BCUT2D eigenvalue weighted by Crippen LogP contribution is -2.27. The molecule has 0 saturated heterocycles. The summed E-state index contributed by atoms with van der Waals surface area (Å²) in [6.07, 6.45) is 0.697. The van der Waals surface area contributed by atoms with E-state index in [1.807, 2.05) is 16.8 Å². The molecule has 2 rings (SSSR count). The quantitative estimate of drug-likeness (QED) is 0.839. The van der Waals surface area contributed by atoms with Crippen LogP contribution >= 0.6 is 11.3 Å². The van der Waals surface area contributed by atoms with E-state index in [2.05, 4.69) is 15.0 Å². The minimum absolute atomic E-state index is 0.137. The van der Waals surface area contributed by atoms with E-state index in [0.717, 1.165) is 5.56 Å². The van der Waals surface area contributed by atoms with Gasteiger partial charge < -0.3 is 14.9 Å². The monoisotopic (exact) mass is 238 g/mol. The number of aromatic nitrogens is 1. The maximum absolute atomic E-state index is 11.4. The van der Waals surface area contributed by atoms with Crippen LogP contribution < -0.4 is 5.32 Å². The van der Waals surface area contributed by atoms with Crippen LogP contribution in [0.25, 0.3) is 0 Å². The van der Waals surface area contributed by atoms with Gasteiger partial charge in [-0.2, -0.15) is 11.3 Å². The molecule has 0 spiro atoms. The summed E-state index contributed by atoms with van der Waals surface area (Å²) < 4.78 is 4.68. The molecule has 2 aromatic rings. The predicted molar refractivity (Wildman–Crippen MR) is 58.1 cm³/mol. The number of thiophene rings is 1. The second-order valence-electron chi connectivity index (χ2n) is 3.16. The first-order valence-corrected chi connectivity index (χ1v) is 5.60. The Kier molecular flexibility index (Phi) is 3.33. The molecule has 0 aliphatic heterocycles. The fraction of sp³-hybridized carbons (Fsp3) is 0.200. The minimum atomic E-state index is -0.696. The largest absolute Gasteiger partial charge is 0.387 e. The Morgan fingerprint density at radius 1 is 1.62 bits per heavy atom. The SMILES string of the molecule is O=C(NCC(O)c1ccsc1)c1ccno1. The molecule has 1 unspecified atom stereocenters. The number of nitrogens with zero attached hydrogens (tertiary/aromatic N) is 1. The van der Waals surface area contributed by atoms with Crippen LogP contribution in [0.2, 0.25) is 0 Å². The van der Waals surface area contributed by atoms with Gasteiger partial charge in [0.25, 0.3) is 5.91 Å². The number of carbonyl (C=O) groups excluding carboxylic acids is 1. The second-order valence-corrected chi connectivity index (χ2v) is 3.94. The van der Waals surface area contributed by atoms with Gasteiger partial charge in [-0.25, -0.2) is 0 Å². The fourth-order valence-electron chi connectivity index (χ4n) is 1.19. The smallest absolute Gasteiger partial charge is 0.289 e. The van der Waals surface area contributed by atoms with E-state index in [0.29, 0.717) is 0 Å². The normalized spacial score (nSPS) is 12.3. The summed E-state index contributed by atoms with van der Waals surface area (Å²) >= 11 is 1.50. The Morgan fingerprint density at radius 2 is 2.50 bits per heavy atom. The van der Waals surface area contributed by atoms with Crippen LogP contribution in [0.3, 0.4) is 0 Å². The van der Waals surface area contributed by atoms with Gasteiger partial charge in [0, 0.05) is 12.6 Å². The van der Waals surface area contributed by atoms with Gasteiger partial charge in [0.05, 0.1) is 12.3 Å². The lowest BCUT2D eigenvalue weighted by Gasteiger charge is -2.08. The highest BCUT2D eigenvalue weighted by molar-refractivity contribution is 7.07. The molecule has 1 atom stereocenters. The Bertz CT molecular complexity index is 439. The van der Waals surface area contributed by atoms with E-state index < -0.39 is 6.10 Å². The zero-order chi connectivity index (χ0) is 11.4. The van der Waals surface area contributed by atoms with E-state index in [1.54, 1.807) is 0 Å². The van der Waals surface area contributed by atoms with Gasteiger partial charge in [-0.3, -0.25) is 4.79 Å². The Labute approximate surface area is 95.7 Å². The minimum Gasteiger partial charge on any atom is -0.387 e. The predicted octanol–water partition coefficient (Wildman–Crippen LogP) is 1.20. The number of rotatable bonds is 4. The highest BCUT2D eigenvalue weighted by Crippen LogP contribution is 2.15. The van der Waals surface area contributed by atoms with Gasteiger partial charge in [-0.15, -0.1) is 0 Å². The first-order chi connectivity index (χ1) is 7.77. The van der Waals surface area contributed by atoms with Crippen LogP contribution in [0.1, 0.15) is 22.2 Å². The second kappa shape index (κ2) is 4.91. The van der Waals surface area contributed by atoms with Gasteiger partial charge >= 0.3 is 0 Å². The first-order valence-electron chi connectivity index (χ1n) is 4.66. The molecular weight excluding hydrogens is 228 g/mol. The zero-order valence-corrected chi connectivity index (χ0v) is 9.11. The molecule has 0 aliphatic carbocycles. The van der Waals surface area contributed by atoms with Gasteiger partial charge in [0.2, 0.25) is 5.76 Å². The Balaban J connectivity index is 1.86. The summed E-state index contributed by atoms with van der Waals surface area (Å²) in [6, 6.07) is 3.28. The lowest BCUT2D eigenvalue weighted by atomic mass is 10.2. The molecule has 16 heavy (non-hydrogen) atoms. The van der Waals surface area contributed by atoms with Crippen LogP contribution in [0.5, 0.6) is 0 Å². The third kappa shape index (κ3) is 2.47. The molecule has 0 saturated carbocycles. The summed E-state index contributed by atoms with van der Waals surface area (Å²) in [5, 5.41) is 19.4. The van der Waals surface area contributed by atoms with Crippen LogP contribution in [-0.2, 0) is 0 Å². The van der Waals surface area contributed by atoms with Crippen molar-refractivity contribution in [3.63, 3.8) is 0 Å². The summed E-state index contributed by atoms with van der Waals surface area (Å²) in [4.78, 5) is 11.4. The lowest BCUT2D eigenvalue weighted by molar-refractivity contribution is 0.0880. The van der Waals surface area contributed by atoms with Crippen molar-refractivity contribution < 1.29 is 14.4 Å². The third-order valence-electron chi connectivity index (χ3n) is 2.05. The number of amides is 1. The van der Waals surface area contributed by atoms with Gasteiger partial charge in [0.1, 0.15) is 0 Å². The number of aliphatic hydroxyl groups excluding tert-OH is 1. The summed E-state index contributed by atoms with van der Waals surface area (Å²) in [7, 11) is 0. The van der Waals surface area contributed by atoms with Gasteiger partial charge in [-0.05, 0) is 22.4 Å². The first kappa shape index (κ1) is 10.8. The van der Waals surface area contributed by atoms with Crippen molar-refractivity contribution in [1.82, 2.24) is 10.5 Å². The molecule has 2 heterocycles. The molecule has 0 aromatic carbocycles. The van der Waals surface area contributed by atoms with Crippen molar-refractivity contribution in [2.45, 2.75) is 6.10 Å². The van der Waals surface area contributed by atoms with Gasteiger partial charge in [-0.1, -0.05) is 5.16 Å². The zero-order valence-electron chi connectivity index (χ0n) is 8.29. The highest BCUT2D eigenvalue weighted by atomic mass is 32.1. The maximum Gasteiger partial charge on any atom is 0.289 e. The summed E-state index contributed by atoms with van der Waals surface area (Å²) in [5.41, 5.74) is 0.794. The molecule has 0 fully saturated rings. The molecule has 0 aliphatic rings. The third-order valence-corrected chi connectivity index (χ3v) is 2.75. The van der Waals surface area contributed by atoms with Crippen molar-refractivity contribution in [1.29, 1.82) is 0 Å². The van der Waals surface area contributed by atoms with Crippen LogP contribution in [0.4, 0.5) is 0 Å². The van der Waals surface area contributed by atoms with E-state index in [9.17, 15) is 9.90 Å². The summed E-state index contributed by atoms with van der Waals surface area (Å²) in [6.45, 7) is 0.149. The topological polar surface area (TPSA) is 75.4 Å². The number of carbonyl (C=O) groups is 1. The number of hydrogen-bond donors (Lipinski definition) is 2. The van der Waals surface area contributed by atoms with Crippen molar-refractivity contribution in [3.8, 4) is 0 Å². The number of hydrogen-bond acceptors (Lipinski definition) is 5. The molecule has 2 aromatic heterocycles. The van der Waals surface area contributed by atoms with Crippen LogP contribution in [0, 0.1) is 0 Å². The maximum atomic E-state index is 11.4. The average molecular weight is 238 g/mol. The fourth-order valence-corrected chi connectivity index (χ4v) is 1.90. The average Bonchev–Trinajstić information content (AvgIpc) is 2.95. The standard InChI is InChI=1S/C10H10N2O3S/c13-8(7-2-4-16-6-7)5-11-10(14)9-1-3-12-15-9/h1-4,6,8,13H,5H2,(H,11,14). The number of aliphatic hydroxyl groups is 1. The summed E-state index contributed by atoms with van der Waals surface area (Å²) in [5.74, 6) is -0.246. The Hall–Kier alpha value is -1.66. The van der Waals surface area contributed by atoms with Crippen molar-refractivity contribution >= 4 is 17.2 Å². The van der Waals surface area contributed by atoms with Crippen LogP contribution in [-0.4, -0.2) is 22.7 Å². The van der Waals surface area contributed by atoms with Gasteiger partial charge in [0.15, 0.2) is 0 Å². The molecular formula is C10H10N2O3S. The molecule has 1 amide bonds. The number of nitrogens with one attached hydrogen (secondary N) is 1. The van der Waals surface area contributed by atoms with Crippen molar-refractivity contribution in [2.24, 2.45) is 0 Å². The molecule has 6 heteroatoms. The van der Waals surface area contributed by atoms with E-state index in [-0.39, 0.29) is 18.2 Å². The van der Waals surface area contributed by atoms with E-state index in [1.165, 1.54) is 23.6 Å². The highest BCUT2D eigenvalue weighted by Gasteiger charge is 2.13. The molecule has 0 bridgehead atoms. The van der Waals surface area contributed by atoms with Crippen LogP contribution in [0.15, 0.2) is 33.6 Å². The molecule has 0 radical (unpaired) electrons. The van der Waals surface area contributed by atoms with Crippen molar-refractivity contribution in [2.75, 3.05) is 6.54 Å². The molecule has 5 nitrogen and oxygen atoms in total. The van der Waals surface area contributed by atoms with Crippen molar-refractivity contribution in [3.05, 3.63) is 40.4 Å². The Morgan fingerprint density at radius 3 is 3.12 bits per heavy atom. The van der Waals surface area contributed by atoms with E-state index in [4.69, 9.17) is 0 Å².